The van der Waals surface area contributed by atoms with Crippen molar-refractivity contribution in [2.45, 2.75) is 0 Å². The standard InChI is InChI=1S/C22H15BrFN3O4/c23-14-7-5-13(6-8-14)19-10-9-15(31-19)11-18-21(29)27(22(30)26-18)12-20(28)25-17-4-2-1-3-16(17)24/h1-11H,12H2,(H,25,28)(H,26,30)/b18-11-. The Balaban J connectivity index is 1.45. The van der Waals surface area contributed by atoms with Gasteiger partial charge in [0.2, 0.25) is 5.91 Å². The summed E-state index contributed by atoms with van der Waals surface area (Å²) in [5.74, 6) is -1.05. The second kappa shape index (κ2) is 8.57. The van der Waals surface area contributed by atoms with Crippen LogP contribution >= 0.6 is 15.9 Å². The molecule has 1 fully saturated rings. The highest BCUT2D eigenvalue weighted by Gasteiger charge is 2.35. The van der Waals surface area contributed by atoms with Gasteiger partial charge in [0.05, 0.1) is 5.69 Å². The van der Waals surface area contributed by atoms with Crippen molar-refractivity contribution in [1.29, 1.82) is 0 Å². The van der Waals surface area contributed by atoms with E-state index in [-0.39, 0.29) is 11.4 Å². The first-order chi connectivity index (χ1) is 14.9. The second-order valence-electron chi connectivity index (χ2n) is 6.62. The Labute approximate surface area is 184 Å². The van der Waals surface area contributed by atoms with E-state index in [4.69, 9.17) is 4.42 Å². The lowest BCUT2D eigenvalue weighted by Crippen LogP contribution is -2.38. The van der Waals surface area contributed by atoms with E-state index in [0.717, 1.165) is 14.9 Å². The number of nitrogens with zero attached hydrogens (tertiary/aromatic N) is 1. The van der Waals surface area contributed by atoms with Crippen molar-refractivity contribution >= 4 is 45.5 Å². The Morgan fingerprint density at radius 2 is 1.84 bits per heavy atom. The van der Waals surface area contributed by atoms with Crippen LogP contribution in [0.15, 0.2) is 75.3 Å². The topological polar surface area (TPSA) is 91.7 Å². The van der Waals surface area contributed by atoms with Gasteiger partial charge in [-0.3, -0.25) is 9.59 Å². The number of benzene rings is 2. The molecule has 0 atom stereocenters. The molecular formula is C22H15BrFN3O4. The molecule has 1 aliphatic heterocycles. The summed E-state index contributed by atoms with van der Waals surface area (Å²) < 4.78 is 20.3. The smallest absolute Gasteiger partial charge is 0.329 e. The molecule has 3 aromatic rings. The lowest BCUT2D eigenvalue weighted by Gasteiger charge is -2.12. The summed E-state index contributed by atoms with van der Waals surface area (Å²) in [4.78, 5) is 37.6. The fraction of sp³-hybridized carbons (Fsp3) is 0.0455. The quantitative estimate of drug-likeness (QED) is 0.416. The van der Waals surface area contributed by atoms with Crippen LogP contribution in [-0.4, -0.2) is 29.3 Å². The van der Waals surface area contributed by atoms with Crippen LogP contribution in [0.3, 0.4) is 0 Å². The highest BCUT2D eigenvalue weighted by Crippen LogP contribution is 2.25. The number of imide groups is 1. The maximum atomic E-state index is 13.7. The zero-order valence-corrected chi connectivity index (χ0v) is 17.5. The van der Waals surface area contributed by atoms with E-state index in [1.807, 2.05) is 24.3 Å². The SMILES string of the molecule is O=C(CN1C(=O)N/C(=C\c2ccc(-c3ccc(Br)cc3)o2)C1=O)Nc1ccccc1F. The van der Waals surface area contributed by atoms with E-state index in [1.54, 1.807) is 18.2 Å². The lowest BCUT2D eigenvalue weighted by molar-refractivity contribution is -0.127. The summed E-state index contributed by atoms with van der Waals surface area (Å²) in [6.45, 7) is -0.557. The molecule has 4 amide bonds. The number of rotatable bonds is 5. The molecule has 0 unspecified atom stereocenters. The molecule has 0 spiro atoms. The number of hydrogen-bond donors (Lipinski definition) is 2. The number of para-hydroxylation sites is 1. The first-order valence-corrected chi connectivity index (χ1v) is 9.95. The molecule has 2 heterocycles. The van der Waals surface area contributed by atoms with Crippen molar-refractivity contribution in [1.82, 2.24) is 10.2 Å². The average molecular weight is 484 g/mol. The Kier molecular flexibility index (Phi) is 5.68. The molecule has 2 aromatic carbocycles. The molecule has 31 heavy (non-hydrogen) atoms. The minimum absolute atomic E-state index is 0.0274. The molecule has 9 heteroatoms. The Morgan fingerprint density at radius 1 is 1.10 bits per heavy atom. The van der Waals surface area contributed by atoms with E-state index in [2.05, 4.69) is 26.6 Å². The molecule has 1 aliphatic rings. The maximum absolute atomic E-state index is 13.7. The fourth-order valence-electron chi connectivity index (χ4n) is 2.95. The number of carbonyl (C=O) groups is 3. The number of nitrogens with one attached hydrogen (secondary N) is 2. The predicted molar refractivity (Wildman–Crippen MR) is 115 cm³/mol. The number of halogens is 2. The number of hydrogen-bond acceptors (Lipinski definition) is 4. The second-order valence-corrected chi connectivity index (χ2v) is 7.53. The lowest BCUT2D eigenvalue weighted by atomic mass is 10.2. The van der Waals surface area contributed by atoms with Crippen LogP contribution in [0, 0.1) is 5.82 Å². The van der Waals surface area contributed by atoms with Crippen molar-refractivity contribution in [3.8, 4) is 11.3 Å². The van der Waals surface area contributed by atoms with Crippen molar-refractivity contribution in [3.05, 3.63) is 82.4 Å². The highest BCUT2D eigenvalue weighted by molar-refractivity contribution is 9.10. The van der Waals surface area contributed by atoms with E-state index in [0.29, 0.717) is 11.5 Å². The molecule has 1 aromatic heterocycles. The normalized spacial score (nSPS) is 14.8. The van der Waals surface area contributed by atoms with Gasteiger partial charge in [0.15, 0.2) is 0 Å². The molecule has 4 rings (SSSR count). The summed E-state index contributed by atoms with van der Waals surface area (Å²) in [6.07, 6.45) is 1.39. The number of amides is 4. The molecule has 0 bridgehead atoms. The maximum Gasteiger partial charge on any atom is 0.329 e. The third kappa shape index (κ3) is 4.56. The van der Waals surface area contributed by atoms with Gasteiger partial charge in [0, 0.05) is 16.1 Å². The first-order valence-electron chi connectivity index (χ1n) is 9.15. The molecule has 7 nitrogen and oxygen atoms in total. The Hall–Kier alpha value is -3.72. The van der Waals surface area contributed by atoms with Gasteiger partial charge >= 0.3 is 6.03 Å². The molecule has 0 radical (unpaired) electrons. The van der Waals surface area contributed by atoms with Crippen LogP contribution in [0.2, 0.25) is 0 Å². The summed E-state index contributed by atoms with van der Waals surface area (Å²) in [6, 6.07) is 15.8. The minimum atomic E-state index is -0.750. The minimum Gasteiger partial charge on any atom is -0.457 e. The van der Waals surface area contributed by atoms with E-state index >= 15 is 0 Å². The van der Waals surface area contributed by atoms with Gasteiger partial charge in [-0.25, -0.2) is 14.1 Å². The summed E-state index contributed by atoms with van der Waals surface area (Å²) in [5, 5.41) is 4.76. The third-order valence-electron chi connectivity index (χ3n) is 4.45. The van der Waals surface area contributed by atoms with Crippen LogP contribution in [0.4, 0.5) is 14.9 Å². The van der Waals surface area contributed by atoms with E-state index < -0.39 is 30.2 Å². The van der Waals surface area contributed by atoms with Crippen molar-refractivity contribution < 1.29 is 23.2 Å². The molecular weight excluding hydrogens is 469 g/mol. The monoisotopic (exact) mass is 483 g/mol. The van der Waals surface area contributed by atoms with Crippen LogP contribution in [-0.2, 0) is 9.59 Å². The third-order valence-corrected chi connectivity index (χ3v) is 4.98. The Morgan fingerprint density at radius 3 is 2.58 bits per heavy atom. The van der Waals surface area contributed by atoms with Crippen LogP contribution in [0.25, 0.3) is 17.4 Å². The predicted octanol–water partition coefficient (Wildman–Crippen LogP) is 4.38. The molecule has 2 N–H and O–H groups in total. The van der Waals surface area contributed by atoms with Gasteiger partial charge in [-0.15, -0.1) is 0 Å². The molecule has 156 valence electrons. The van der Waals surface area contributed by atoms with E-state index in [1.165, 1.54) is 24.3 Å². The average Bonchev–Trinajstić information content (AvgIpc) is 3.31. The number of urea groups is 1. The molecule has 0 saturated carbocycles. The van der Waals surface area contributed by atoms with Gasteiger partial charge in [-0.1, -0.05) is 40.2 Å². The van der Waals surface area contributed by atoms with Crippen molar-refractivity contribution in [2.75, 3.05) is 11.9 Å². The zero-order chi connectivity index (χ0) is 22.0. The zero-order valence-electron chi connectivity index (χ0n) is 15.9. The van der Waals surface area contributed by atoms with Gasteiger partial charge in [-0.2, -0.15) is 0 Å². The van der Waals surface area contributed by atoms with Gasteiger partial charge in [0.1, 0.15) is 29.6 Å². The number of furan rings is 1. The van der Waals surface area contributed by atoms with Gasteiger partial charge in [-0.05, 0) is 36.4 Å². The van der Waals surface area contributed by atoms with Crippen molar-refractivity contribution in [3.63, 3.8) is 0 Å². The van der Waals surface area contributed by atoms with Crippen LogP contribution in [0.5, 0.6) is 0 Å². The number of carbonyl (C=O) groups excluding carboxylic acids is 3. The molecule has 1 saturated heterocycles. The summed E-state index contributed by atoms with van der Waals surface area (Å²) in [7, 11) is 0. The van der Waals surface area contributed by atoms with Gasteiger partial charge < -0.3 is 15.1 Å². The van der Waals surface area contributed by atoms with Crippen LogP contribution in [0.1, 0.15) is 5.76 Å². The summed E-state index contributed by atoms with van der Waals surface area (Å²) >= 11 is 3.37. The van der Waals surface area contributed by atoms with Crippen molar-refractivity contribution in [2.24, 2.45) is 0 Å². The van der Waals surface area contributed by atoms with Gasteiger partial charge in [0.25, 0.3) is 5.91 Å². The largest absolute Gasteiger partial charge is 0.457 e. The highest BCUT2D eigenvalue weighted by atomic mass is 79.9. The number of anilines is 1. The van der Waals surface area contributed by atoms with E-state index in [9.17, 15) is 18.8 Å². The van der Waals surface area contributed by atoms with Crippen LogP contribution < -0.4 is 10.6 Å². The summed E-state index contributed by atoms with van der Waals surface area (Å²) in [5.41, 5.74) is 0.785. The Bertz CT molecular complexity index is 1200. The fourth-order valence-corrected chi connectivity index (χ4v) is 3.22. The first kappa shape index (κ1) is 20.5. The molecule has 0 aliphatic carbocycles.